The van der Waals surface area contributed by atoms with Crippen molar-refractivity contribution in [3.05, 3.63) is 0 Å². The third kappa shape index (κ3) is 29.3. The molecule has 1 amide bonds. The number of carboxylic acids is 2. The summed E-state index contributed by atoms with van der Waals surface area (Å²) in [6, 6.07) is 0. The van der Waals surface area contributed by atoms with Crippen LogP contribution in [-0.4, -0.2) is 28.1 Å². The highest BCUT2D eigenvalue weighted by Crippen LogP contribution is 2.08. The second-order valence-corrected chi connectivity index (χ2v) is 4.02. The Labute approximate surface area is 107 Å². The fraction of sp³-hybridized carbons (Fsp3) is 0.750. The molecule has 0 spiro atoms. The van der Waals surface area contributed by atoms with Crippen LogP contribution >= 0.6 is 0 Å². The molecule has 0 unspecified atom stereocenters. The van der Waals surface area contributed by atoms with Gasteiger partial charge in [-0.25, -0.2) is 0 Å². The van der Waals surface area contributed by atoms with Crippen molar-refractivity contribution >= 4 is 17.8 Å². The first-order valence-electron chi connectivity index (χ1n) is 6.06. The number of carboxylic acid groups (broad SMARTS) is 2. The molecule has 0 rings (SSSR count). The molecular weight excluding hydrogens is 238 g/mol. The van der Waals surface area contributed by atoms with Gasteiger partial charge in [0.15, 0.2) is 0 Å². The van der Waals surface area contributed by atoms with Crippen molar-refractivity contribution in [1.29, 1.82) is 0 Å². The van der Waals surface area contributed by atoms with E-state index in [0.29, 0.717) is 0 Å². The summed E-state index contributed by atoms with van der Waals surface area (Å²) in [5.41, 5.74) is 4.47. The fourth-order valence-corrected chi connectivity index (χ4v) is 1.26. The maximum absolute atomic E-state index is 10.1. The Morgan fingerprint density at radius 2 is 1.00 bits per heavy atom. The Kier molecular flexibility index (Phi) is 14.0. The van der Waals surface area contributed by atoms with Crippen LogP contribution in [0.3, 0.4) is 0 Å². The van der Waals surface area contributed by atoms with Crippen molar-refractivity contribution in [3.8, 4) is 0 Å². The van der Waals surface area contributed by atoms with E-state index in [1.807, 2.05) is 0 Å². The summed E-state index contributed by atoms with van der Waals surface area (Å²) in [6.45, 7) is 1.31. The lowest BCUT2D eigenvalue weighted by Crippen LogP contribution is -2.01. The van der Waals surface area contributed by atoms with Gasteiger partial charge in [-0.3, -0.25) is 14.4 Å². The summed E-state index contributed by atoms with van der Waals surface area (Å²) >= 11 is 0. The predicted molar refractivity (Wildman–Crippen MR) is 67.1 cm³/mol. The largest absolute Gasteiger partial charge is 0.481 e. The Hall–Kier alpha value is -1.59. The summed E-state index contributed by atoms with van der Waals surface area (Å²) in [6.07, 6.45) is 5.82. The van der Waals surface area contributed by atoms with Crippen LogP contribution in [0, 0.1) is 0 Å². The lowest BCUT2D eigenvalue weighted by molar-refractivity contribution is -0.138. The minimum absolute atomic E-state index is 0.245. The number of rotatable bonds is 9. The molecule has 0 saturated heterocycles. The molecule has 6 heteroatoms. The van der Waals surface area contributed by atoms with Gasteiger partial charge in [0.1, 0.15) is 0 Å². The Balaban J connectivity index is 0. The van der Waals surface area contributed by atoms with E-state index >= 15 is 0 Å². The molecule has 0 heterocycles. The molecule has 106 valence electrons. The number of carbonyl (C=O) groups is 3. The molecule has 0 bridgehead atoms. The summed E-state index contributed by atoms with van der Waals surface area (Å²) in [4.78, 5) is 29.5. The topological polar surface area (TPSA) is 118 Å². The van der Waals surface area contributed by atoms with Gasteiger partial charge in [0.2, 0.25) is 5.91 Å². The number of nitrogens with two attached hydrogens (primary N) is 1. The van der Waals surface area contributed by atoms with Crippen LogP contribution in [-0.2, 0) is 14.4 Å². The molecule has 4 N–H and O–H groups in total. The number of amides is 1. The van der Waals surface area contributed by atoms with Crippen LogP contribution in [0.5, 0.6) is 0 Å². The van der Waals surface area contributed by atoms with Crippen LogP contribution in [0.2, 0.25) is 0 Å². The van der Waals surface area contributed by atoms with Crippen molar-refractivity contribution in [2.45, 2.75) is 58.3 Å². The second-order valence-electron chi connectivity index (χ2n) is 4.02. The fourth-order valence-electron chi connectivity index (χ4n) is 1.26. The van der Waals surface area contributed by atoms with Crippen molar-refractivity contribution in [3.63, 3.8) is 0 Å². The smallest absolute Gasteiger partial charge is 0.303 e. The molecular formula is C12H23NO5. The predicted octanol–water partition coefficient (Wildman–Crippen LogP) is 1.77. The second kappa shape index (κ2) is 13.5. The minimum Gasteiger partial charge on any atom is -0.481 e. The van der Waals surface area contributed by atoms with Gasteiger partial charge >= 0.3 is 11.9 Å². The molecule has 18 heavy (non-hydrogen) atoms. The Morgan fingerprint density at radius 3 is 1.22 bits per heavy atom. The van der Waals surface area contributed by atoms with E-state index in [9.17, 15) is 14.4 Å². The Bertz CT molecular complexity index is 229. The number of unbranched alkanes of at least 4 members (excludes halogenated alkanes) is 5. The van der Waals surface area contributed by atoms with Crippen molar-refractivity contribution < 1.29 is 24.6 Å². The number of aliphatic carboxylic acids is 2. The van der Waals surface area contributed by atoms with E-state index < -0.39 is 11.9 Å². The zero-order valence-corrected chi connectivity index (χ0v) is 10.9. The normalized spacial score (nSPS) is 9.17. The first-order chi connectivity index (χ1) is 8.36. The van der Waals surface area contributed by atoms with Gasteiger partial charge in [-0.1, -0.05) is 25.7 Å². The van der Waals surface area contributed by atoms with Crippen molar-refractivity contribution in [2.24, 2.45) is 5.73 Å². The maximum atomic E-state index is 10.1. The lowest BCUT2D eigenvalue weighted by atomic mass is 10.1. The van der Waals surface area contributed by atoms with Crippen LogP contribution < -0.4 is 5.73 Å². The SMILES string of the molecule is CC(N)=O.O=C(O)CCCCCCCCC(=O)O. The standard InChI is InChI=1S/C10H18O4.C2H5NO/c11-9(12)7-5-3-1-2-4-6-8-10(13)14;1-2(3)4/h1-8H2,(H,11,12)(H,13,14);1H3,(H2,3,4). The van der Waals surface area contributed by atoms with Crippen LogP contribution in [0.1, 0.15) is 58.3 Å². The first kappa shape index (κ1) is 18.8. The molecule has 6 nitrogen and oxygen atoms in total. The molecule has 0 aliphatic carbocycles. The molecule has 0 aromatic carbocycles. The van der Waals surface area contributed by atoms with Crippen molar-refractivity contribution in [1.82, 2.24) is 0 Å². The highest BCUT2D eigenvalue weighted by atomic mass is 16.4. The van der Waals surface area contributed by atoms with Gasteiger partial charge in [-0.05, 0) is 12.8 Å². The first-order valence-corrected chi connectivity index (χ1v) is 6.06. The van der Waals surface area contributed by atoms with Crippen molar-refractivity contribution in [2.75, 3.05) is 0 Å². The van der Waals surface area contributed by atoms with E-state index in [2.05, 4.69) is 5.73 Å². The number of hydrogen-bond donors (Lipinski definition) is 3. The minimum atomic E-state index is -0.740. The maximum Gasteiger partial charge on any atom is 0.303 e. The van der Waals surface area contributed by atoms with Gasteiger partial charge in [-0.15, -0.1) is 0 Å². The monoisotopic (exact) mass is 261 g/mol. The molecule has 0 atom stereocenters. The quantitative estimate of drug-likeness (QED) is 0.547. The number of carbonyl (C=O) groups excluding carboxylic acids is 1. The summed E-state index contributed by atoms with van der Waals surface area (Å²) in [5, 5.41) is 16.7. The third-order valence-electron chi connectivity index (χ3n) is 2.03. The Morgan fingerprint density at radius 1 is 0.778 bits per heavy atom. The number of primary amides is 1. The van der Waals surface area contributed by atoms with E-state index in [4.69, 9.17) is 10.2 Å². The van der Waals surface area contributed by atoms with Gasteiger partial charge in [-0.2, -0.15) is 0 Å². The molecule has 0 aliphatic rings. The van der Waals surface area contributed by atoms with Crippen LogP contribution in [0.15, 0.2) is 0 Å². The molecule has 0 saturated carbocycles. The van der Waals surface area contributed by atoms with E-state index in [1.54, 1.807) is 0 Å². The average molecular weight is 261 g/mol. The van der Waals surface area contributed by atoms with E-state index in [1.165, 1.54) is 6.92 Å². The van der Waals surface area contributed by atoms with Gasteiger partial charge in [0, 0.05) is 19.8 Å². The zero-order valence-electron chi connectivity index (χ0n) is 10.9. The summed E-state index contributed by atoms with van der Waals surface area (Å²) < 4.78 is 0. The molecule has 0 aliphatic heterocycles. The number of hydrogen-bond acceptors (Lipinski definition) is 3. The highest BCUT2D eigenvalue weighted by Gasteiger charge is 1.98. The van der Waals surface area contributed by atoms with E-state index in [0.717, 1.165) is 38.5 Å². The third-order valence-corrected chi connectivity index (χ3v) is 2.03. The molecule has 0 aromatic rings. The average Bonchev–Trinajstić information content (AvgIpc) is 2.20. The van der Waals surface area contributed by atoms with Crippen LogP contribution in [0.4, 0.5) is 0 Å². The van der Waals surface area contributed by atoms with Crippen LogP contribution in [0.25, 0.3) is 0 Å². The van der Waals surface area contributed by atoms with Gasteiger partial charge in [0.05, 0.1) is 0 Å². The van der Waals surface area contributed by atoms with E-state index in [-0.39, 0.29) is 18.7 Å². The van der Waals surface area contributed by atoms with Gasteiger partial charge < -0.3 is 15.9 Å². The molecule has 0 fully saturated rings. The summed E-state index contributed by atoms with van der Waals surface area (Å²) in [5.74, 6) is -1.81. The van der Waals surface area contributed by atoms with Gasteiger partial charge in [0.25, 0.3) is 0 Å². The zero-order chi connectivity index (χ0) is 14.4. The highest BCUT2D eigenvalue weighted by molar-refractivity contribution is 5.70. The lowest BCUT2D eigenvalue weighted by Gasteiger charge is -1.98. The summed E-state index contributed by atoms with van der Waals surface area (Å²) in [7, 11) is 0. The molecule has 0 aromatic heterocycles. The molecule has 0 radical (unpaired) electrons.